The van der Waals surface area contributed by atoms with E-state index in [1.807, 2.05) is 51.1 Å². The van der Waals surface area contributed by atoms with Gasteiger partial charge in [-0.3, -0.25) is 13.6 Å². The van der Waals surface area contributed by atoms with Crippen LogP contribution in [0.25, 0.3) is 11.2 Å². The van der Waals surface area contributed by atoms with E-state index in [2.05, 4.69) is 20.0 Å². The van der Waals surface area contributed by atoms with E-state index >= 15 is 0 Å². The van der Waals surface area contributed by atoms with Crippen molar-refractivity contribution in [1.29, 1.82) is 0 Å². The van der Waals surface area contributed by atoms with Gasteiger partial charge in [0.2, 0.25) is 11.8 Å². The molecule has 43 heavy (non-hydrogen) atoms. The van der Waals surface area contributed by atoms with Gasteiger partial charge in [0.15, 0.2) is 22.7 Å². The number of nitrogens with zero attached hydrogens (tertiary/aromatic N) is 4. The van der Waals surface area contributed by atoms with Crippen LogP contribution in [-0.4, -0.2) is 49.5 Å². The lowest BCUT2D eigenvalue weighted by Crippen LogP contribution is -2.38. The van der Waals surface area contributed by atoms with Crippen LogP contribution in [0.15, 0.2) is 50.3 Å². The normalized spacial score (nSPS) is 21.9. The molecule has 0 radical (unpaired) electrons. The number of benzene rings is 1. The Labute approximate surface area is 246 Å². The molecule has 5 rings (SSSR count). The number of fused-ring (bicyclic) bond motifs is 1. The van der Waals surface area contributed by atoms with Gasteiger partial charge in [-0.25, -0.2) is 19.4 Å². The lowest BCUT2D eigenvalue weighted by Gasteiger charge is -2.26. The van der Waals surface area contributed by atoms with Crippen molar-refractivity contribution in [3.8, 4) is 5.88 Å². The van der Waals surface area contributed by atoms with Crippen molar-refractivity contribution in [3.05, 3.63) is 64.4 Å². The second-order valence-electron chi connectivity index (χ2n) is 10.6. The van der Waals surface area contributed by atoms with E-state index in [1.54, 1.807) is 11.5 Å². The summed E-state index contributed by atoms with van der Waals surface area (Å²) >= 11 is 0. The predicted molar refractivity (Wildman–Crippen MR) is 153 cm³/mol. The summed E-state index contributed by atoms with van der Waals surface area (Å²) in [6.45, 7) is 6.90. The van der Waals surface area contributed by atoms with Crippen molar-refractivity contribution in [2.24, 2.45) is 0 Å². The van der Waals surface area contributed by atoms with Crippen LogP contribution in [0.4, 0.5) is 5.95 Å². The Hall–Kier alpha value is -3.59. The highest BCUT2D eigenvalue weighted by Gasteiger charge is 2.46. The Morgan fingerprint density at radius 1 is 1.23 bits per heavy atom. The molecule has 0 aliphatic carbocycles. The maximum atomic E-state index is 13.9. The molecule has 232 valence electrons. The van der Waals surface area contributed by atoms with Gasteiger partial charge in [-0.2, -0.15) is 9.97 Å². The number of nitrogen functional groups attached to an aromatic ring is 1. The lowest BCUT2D eigenvalue weighted by atomic mass is 9.98. The minimum atomic E-state index is -4.06. The van der Waals surface area contributed by atoms with Gasteiger partial charge in [0, 0.05) is 18.9 Å². The van der Waals surface area contributed by atoms with Crippen LogP contribution in [0.2, 0.25) is 0 Å². The van der Waals surface area contributed by atoms with Crippen LogP contribution in [0.1, 0.15) is 63.3 Å². The van der Waals surface area contributed by atoms with E-state index in [-0.39, 0.29) is 55.4 Å². The van der Waals surface area contributed by atoms with Gasteiger partial charge in [0.1, 0.15) is 18.9 Å². The third kappa shape index (κ3) is 6.98. The smallest absolute Gasteiger partial charge is 0.476 e. The number of nitrogens with two attached hydrogens (primary N) is 1. The first-order valence-corrected chi connectivity index (χ1v) is 15.3. The topological polar surface area (TPSA) is 199 Å². The molecule has 1 saturated heterocycles. The molecule has 3 aromatic heterocycles. The van der Waals surface area contributed by atoms with Crippen LogP contribution in [0.3, 0.4) is 0 Å². The number of aliphatic hydroxyl groups is 1. The zero-order valence-corrected chi connectivity index (χ0v) is 25.2. The highest BCUT2D eigenvalue weighted by atomic mass is 31.2. The van der Waals surface area contributed by atoms with Gasteiger partial charge in [-0.05, 0) is 19.4 Å². The summed E-state index contributed by atoms with van der Waals surface area (Å²) in [6.07, 6.45) is 0.0184. The van der Waals surface area contributed by atoms with Crippen molar-refractivity contribution in [2.45, 2.75) is 71.1 Å². The van der Waals surface area contributed by atoms with E-state index in [0.29, 0.717) is 17.8 Å². The maximum Gasteiger partial charge on any atom is 0.519 e. The molecule has 4 aromatic rings. The SMILES string of the molecule is CCOc1nc(N)nc2c1ncn2[C@H]1C[C@](C)(O)[C@@H](COP(=O)(NCc2ccccc2)OCc2oc(=O)oc2C(C)C)O1. The second kappa shape index (κ2) is 12.6. The number of imidazole rings is 1. The minimum Gasteiger partial charge on any atom is -0.476 e. The fraction of sp³-hybridized carbons (Fsp3) is 0.481. The van der Waals surface area contributed by atoms with Crippen molar-refractivity contribution in [3.63, 3.8) is 0 Å². The molecule has 16 heteroatoms. The fourth-order valence-corrected chi connectivity index (χ4v) is 5.94. The Bertz CT molecular complexity index is 1650. The summed E-state index contributed by atoms with van der Waals surface area (Å²) in [5.41, 5.74) is 6.10. The monoisotopic (exact) mass is 618 g/mol. The van der Waals surface area contributed by atoms with Gasteiger partial charge >= 0.3 is 13.6 Å². The van der Waals surface area contributed by atoms with E-state index in [4.69, 9.17) is 33.1 Å². The van der Waals surface area contributed by atoms with Crippen LogP contribution < -0.4 is 21.4 Å². The van der Waals surface area contributed by atoms with Crippen molar-refractivity contribution < 1.29 is 37.0 Å². The number of nitrogens with one attached hydrogen (secondary N) is 1. The number of hydrogen-bond donors (Lipinski definition) is 3. The quantitative estimate of drug-likeness (QED) is 0.183. The molecule has 0 saturated carbocycles. The summed E-state index contributed by atoms with van der Waals surface area (Å²) in [7, 11) is -4.06. The molecular formula is C27H35N6O9P. The highest BCUT2D eigenvalue weighted by Crippen LogP contribution is 2.47. The molecule has 0 bridgehead atoms. The zero-order chi connectivity index (χ0) is 30.8. The number of anilines is 1. The third-order valence-electron chi connectivity index (χ3n) is 6.88. The summed E-state index contributed by atoms with van der Waals surface area (Å²) < 4.78 is 49.0. The van der Waals surface area contributed by atoms with Gasteiger partial charge < -0.3 is 29.1 Å². The van der Waals surface area contributed by atoms with E-state index in [1.165, 1.54) is 6.33 Å². The first kappa shape index (κ1) is 30.9. The van der Waals surface area contributed by atoms with Crippen LogP contribution in [-0.2, 0) is 31.5 Å². The van der Waals surface area contributed by atoms with E-state index < -0.39 is 31.5 Å². The average molecular weight is 619 g/mol. The Kier molecular flexibility index (Phi) is 9.02. The lowest BCUT2D eigenvalue weighted by molar-refractivity contribution is -0.0716. The average Bonchev–Trinajstić information content (AvgIpc) is 3.64. The van der Waals surface area contributed by atoms with Gasteiger partial charge in [0.25, 0.3) is 0 Å². The van der Waals surface area contributed by atoms with Gasteiger partial charge in [-0.1, -0.05) is 44.2 Å². The van der Waals surface area contributed by atoms with Crippen molar-refractivity contribution in [2.75, 3.05) is 18.9 Å². The van der Waals surface area contributed by atoms with Crippen LogP contribution in [0.5, 0.6) is 5.88 Å². The standard InChI is InChI=1S/C27H35N6O9P/c1-5-37-24-21-23(31-25(28)32-24)33(15-29-21)20-11-27(4,35)19(41-20)14-39-43(36,30-12-17-9-7-6-8-10-17)38-13-18-22(16(2)3)42-26(34)40-18/h6-10,15-16,19-20,35H,5,11-14H2,1-4H3,(H,30,36)(H2,28,31,32)/t19-,20-,27+,43?/m1/s1. The molecule has 0 amide bonds. The molecule has 1 fully saturated rings. The molecule has 0 spiro atoms. The molecule has 4 N–H and O–H groups in total. The molecule has 1 aliphatic heterocycles. The minimum absolute atomic E-state index is 0.000926. The Morgan fingerprint density at radius 3 is 2.72 bits per heavy atom. The highest BCUT2D eigenvalue weighted by molar-refractivity contribution is 7.51. The number of aromatic nitrogens is 4. The number of hydrogen-bond acceptors (Lipinski definition) is 13. The molecular weight excluding hydrogens is 583 g/mol. The first-order valence-electron chi connectivity index (χ1n) is 13.8. The molecule has 4 atom stereocenters. The fourth-order valence-electron chi connectivity index (χ4n) is 4.69. The first-order chi connectivity index (χ1) is 20.5. The summed E-state index contributed by atoms with van der Waals surface area (Å²) in [6, 6.07) is 9.25. The number of ether oxygens (including phenoxy) is 2. The second-order valence-corrected chi connectivity index (χ2v) is 12.4. The predicted octanol–water partition coefficient (Wildman–Crippen LogP) is 3.65. The van der Waals surface area contributed by atoms with E-state index in [9.17, 15) is 14.5 Å². The van der Waals surface area contributed by atoms with Crippen molar-refractivity contribution >= 4 is 24.9 Å². The molecule has 1 aromatic carbocycles. The largest absolute Gasteiger partial charge is 0.519 e. The molecule has 4 heterocycles. The third-order valence-corrected chi connectivity index (χ3v) is 8.38. The van der Waals surface area contributed by atoms with Crippen molar-refractivity contribution in [1.82, 2.24) is 24.6 Å². The van der Waals surface area contributed by atoms with Crippen LogP contribution >= 0.6 is 7.75 Å². The molecule has 1 aliphatic rings. The van der Waals surface area contributed by atoms with Crippen LogP contribution in [0, 0.1) is 0 Å². The Morgan fingerprint density at radius 2 is 2.00 bits per heavy atom. The molecule has 1 unspecified atom stereocenters. The maximum absolute atomic E-state index is 13.9. The van der Waals surface area contributed by atoms with E-state index in [0.717, 1.165) is 5.56 Å². The Balaban J connectivity index is 1.33. The summed E-state index contributed by atoms with van der Waals surface area (Å²) in [4.78, 5) is 24.5. The number of rotatable bonds is 13. The summed E-state index contributed by atoms with van der Waals surface area (Å²) in [5.74, 6) is -0.428. The zero-order valence-electron chi connectivity index (χ0n) is 24.3. The molecule has 15 nitrogen and oxygen atoms in total. The van der Waals surface area contributed by atoms with Gasteiger partial charge in [-0.15, -0.1) is 0 Å². The summed E-state index contributed by atoms with van der Waals surface area (Å²) in [5, 5.41) is 14.1. The van der Waals surface area contributed by atoms with Gasteiger partial charge in [0.05, 0.1) is 25.1 Å².